The number of aryl methyl sites for hydroxylation is 1. The number of halogens is 1. The van der Waals surface area contributed by atoms with Crippen molar-refractivity contribution in [2.75, 3.05) is 6.54 Å². The summed E-state index contributed by atoms with van der Waals surface area (Å²) in [6, 6.07) is 17.4. The van der Waals surface area contributed by atoms with Crippen LogP contribution in [0, 0.1) is 0 Å². The average molecular weight is 427 g/mol. The fraction of sp³-hybridized carbons (Fsp3) is 0.440. The van der Waals surface area contributed by atoms with Gasteiger partial charge in [0.15, 0.2) is 0 Å². The van der Waals surface area contributed by atoms with Crippen molar-refractivity contribution in [1.29, 1.82) is 0 Å². The summed E-state index contributed by atoms with van der Waals surface area (Å²) in [5.74, 6) is -0.0685. The molecular weight excluding hydrogens is 396 g/mol. The van der Waals surface area contributed by atoms with Gasteiger partial charge in [0.05, 0.1) is 0 Å². The van der Waals surface area contributed by atoms with Crippen LogP contribution in [0.3, 0.4) is 0 Å². The molecule has 2 aromatic rings. The molecule has 2 amide bonds. The molecule has 0 bridgehead atoms. The Morgan fingerprint density at radius 1 is 1.03 bits per heavy atom. The number of nitrogens with one attached hydrogen (secondary N) is 1. The minimum absolute atomic E-state index is 0.0140. The Kier molecular flexibility index (Phi) is 8.32. The Bertz CT molecular complexity index is 834. The van der Waals surface area contributed by atoms with Crippen molar-refractivity contribution in [3.05, 3.63) is 70.7 Å². The highest BCUT2D eigenvalue weighted by Crippen LogP contribution is 2.19. The summed E-state index contributed by atoms with van der Waals surface area (Å²) >= 11 is 6.25. The lowest BCUT2D eigenvalue weighted by atomic mass is 10.1. The third kappa shape index (κ3) is 6.33. The summed E-state index contributed by atoms with van der Waals surface area (Å²) in [5.41, 5.74) is 2.11. The van der Waals surface area contributed by atoms with Crippen molar-refractivity contribution >= 4 is 23.4 Å². The third-order valence-electron chi connectivity index (χ3n) is 5.92. The Hall–Kier alpha value is -2.33. The van der Waals surface area contributed by atoms with Crippen molar-refractivity contribution in [1.82, 2.24) is 10.2 Å². The summed E-state index contributed by atoms with van der Waals surface area (Å²) in [7, 11) is 0. The van der Waals surface area contributed by atoms with Crippen LogP contribution in [0.25, 0.3) is 0 Å². The largest absolute Gasteiger partial charge is 0.352 e. The van der Waals surface area contributed by atoms with Crippen LogP contribution in [0.1, 0.15) is 50.2 Å². The second kappa shape index (κ2) is 11.2. The summed E-state index contributed by atoms with van der Waals surface area (Å²) in [5, 5.41) is 3.82. The first-order valence-electron chi connectivity index (χ1n) is 10.9. The molecule has 1 N–H and O–H groups in total. The molecule has 0 aliphatic heterocycles. The average Bonchev–Trinajstić information content (AvgIpc) is 3.27. The van der Waals surface area contributed by atoms with Crippen LogP contribution in [0.4, 0.5) is 0 Å². The minimum atomic E-state index is -0.493. The highest BCUT2D eigenvalue weighted by Gasteiger charge is 2.28. The van der Waals surface area contributed by atoms with Crippen molar-refractivity contribution in [2.24, 2.45) is 0 Å². The van der Waals surface area contributed by atoms with Crippen LogP contribution in [0.5, 0.6) is 0 Å². The molecular formula is C25H31ClN2O2. The van der Waals surface area contributed by atoms with E-state index < -0.39 is 6.04 Å². The maximum atomic E-state index is 13.1. The first kappa shape index (κ1) is 22.4. The van der Waals surface area contributed by atoms with Crippen LogP contribution < -0.4 is 5.32 Å². The molecule has 0 heterocycles. The smallest absolute Gasteiger partial charge is 0.242 e. The van der Waals surface area contributed by atoms with E-state index in [2.05, 4.69) is 17.4 Å². The molecule has 1 atom stereocenters. The lowest BCUT2D eigenvalue weighted by molar-refractivity contribution is -0.140. The quantitative estimate of drug-likeness (QED) is 0.626. The fourth-order valence-corrected chi connectivity index (χ4v) is 4.28. The van der Waals surface area contributed by atoms with Gasteiger partial charge in [0.1, 0.15) is 6.04 Å². The molecule has 0 spiro atoms. The van der Waals surface area contributed by atoms with Gasteiger partial charge < -0.3 is 10.2 Å². The van der Waals surface area contributed by atoms with E-state index in [-0.39, 0.29) is 17.9 Å². The highest BCUT2D eigenvalue weighted by atomic mass is 35.5. The van der Waals surface area contributed by atoms with Crippen molar-refractivity contribution in [2.45, 2.75) is 64.0 Å². The van der Waals surface area contributed by atoms with Gasteiger partial charge in [-0.15, -0.1) is 0 Å². The van der Waals surface area contributed by atoms with Crippen molar-refractivity contribution in [3.8, 4) is 0 Å². The SMILES string of the molecule is C[C@@H](C(=O)NC1CCCC1)N(CCc1ccccc1)C(=O)CCc1ccccc1Cl. The van der Waals surface area contributed by atoms with Gasteiger partial charge in [0, 0.05) is 24.0 Å². The van der Waals surface area contributed by atoms with Gasteiger partial charge in [-0.1, -0.05) is 73.0 Å². The second-order valence-corrected chi connectivity index (χ2v) is 8.49. The minimum Gasteiger partial charge on any atom is -0.352 e. The number of benzene rings is 2. The van der Waals surface area contributed by atoms with Crippen molar-refractivity contribution in [3.63, 3.8) is 0 Å². The maximum absolute atomic E-state index is 13.1. The van der Waals surface area contributed by atoms with E-state index in [1.807, 2.05) is 49.4 Å². The molecule has 5 heteroatoms. The van der Waals surface area contributed by atoms with E-state index in [1.54, 1.807) is 4.90 Å². The predicted octanol–water partition coefficient (Wildman–Crippen LogP) is 4.79. The molecule has 4 nitrogen and oxygen atoms in total. The fourth-order valence-electron chi connectivity index (χ4n) is 4.05. The Morgan fingerprint density at radius 3 is 2.40 bits per heavy atom. The highest BCUT2D eigenvalue weighted by molar-refractivity contribution is 6.31. The zero-order chi connectivity index (χ0) is 21.3. The number of hydrogen-bond acceptors (Lipinski definition) is 2. The molecule has 0 unspecified atom stereocenters. The van der Waals surface area contributed by atoms with Gasteiger partial charge >= 0.3 is 0 Å². The zero-order valence-electron chi connectivity index (χ0n) is 17.6. The Morgan fingerprint density at radius 2 is 1.70 bits per heavy atom. The van der Waals surface area contributed by atoms with E-state index in [0.29, 0.717) is 24.4 Å². The molecule has 2 aromatic carbocycles. The van der Waals surface area contributed by atoms with Crippen LogP contribution in [0.15, 0.2) is 54.6 Å². The van der Waals surface area contributed by atoms with E-state index in [9.17, 15) is 9.59 Å². The maximum Gasteiger partial charge on any atom is 0.242 e. The summed E-state index contributed by atoms with van der Waals surface area (Å²) in [6.07, 6.45) is 6.00. The van der Waals surface area contributed by atoms with Crippen LogP contribution in [-0.4, -0.2) is 35.3 Å². The third-order valence-corrected chi connectivity index (χ3v) is 6.29. The summed E-state index contributed by atoms with van der Waals surface area (Å²) < 4.78 is 0. The standard InChI is InChI=1S/C25H31ClN2O2/c1-19(25(30)27-22-12-6-7-13-22)28(18-17-20-9-3-2-4-10-20)24(29)16-15-21-11-5-8-14-23(21)26/h2-5,8-11,14,19,22H,6-7,12-13,15-18H2,1H3,(H,27,30)/t19-/m0/s1. The molecule has 3 rings (SSSR count). The molecule has 30 heavy (non-hydrogen) atoms. The summed E-state index contributed by atoms with van der Waals surface area (Å²) in [4.78, 5) is 27.7. The van der Waals surface area contributed by atoms with Gasteiger partial charge in [-0.3, -0.25) is 9.59 Å². The Labute approximate surface area is 184 Å². The lowest BCUT2D eigenvalue weighted by Gasteiger charge is -2.30. The molecule has 160 valence electrons. The zero-order valence-corrected chi connectivity index (χ0v) is 18.4. The number of carbonyl (C=O) groups is 2. The number of hydrogen-bond donors (Lipinski definition) is 1. The topological polar surface area (TPSA) is 49.4 Å². The van der Waals surface area contributed by atoms with E-state index in [1.165, 1.54) is 0 Å². The van der Waals surface area contributed by atoms with Gasteiger partial charge in [-0.25, -0.2) is 0 Å². The first-order valence-corrected chi connectivity index (χ1v) is 11.3. The number of carbonyl (C=O) groups excluding carboxylic acids is 2. The number of amides is 2. The molecule has 0 aromatic heterocycles. The number of rotatable bonds is 9. The van der Waals surface area contributed by atoms with Gasteiger partial charge in [0.25, 0.3) is 0 Å². The van der Waals surface area contributed by atoms with Crippen molar-refractivity contribution < 1.29 is 9.59 Å². The van der Waals surface area contributed by atoms with Gasteiger partial charge in [0.2, 0.25) is 11.8 Å². The van der Waals surface area contributed by atoms with Crippen LogP contribution in [-0.2, 0) is 22.4 Å². The second-order valence-electron chi connectivity index (χ2n) is 8.08. The molecule has 0 saturated heterocycles. The monoisotopic (exact) mass is 426 g/mol. The molecule has 1 saturated carbocycles. The van der Waals surface area contributed by atoms with Gasteiger partial charge in [-0.05, 0) is 49.8 Å². The number of nitrogens with zero attached hydrogens (tertiary/aromatic N) is 1. The predicted molar refractivity (Wildman–Crippen MR) is 121 cm³/mol. The van der Waals surface area contributed by atoms with Gasteiger partial charge in [-0.2, -0.15) is 0 Å². The van der Waals surface area contributed by atoms with E-state index in [4.69, 9.17) is 11.6 Å². The van der Waals surface area contributed by atoms with Crippen LogP contribution >= 0.6 is 11.6 Å². The van der Waals surface area contributed by atoms with E-state index >= 15 is 0 Å². The summed E-state index contributed by atoms with van der Waals surface area (Å²) in [6.45, 7) is 2.35. The molecule has 0 radical (unpaired) electrons. The van der Waals surface area contributed by atoms with E-state index in [0.717, 1.165) is 43.2 Å². The Balaban J connectivity index is 1.66. The molecule has 1 aliphatic carbocycles. The molecule has 1 fully saturated rings. The normalized spacial score (nSPS) is 15.0. The molecule has 1 aliphatic rings. The first-order chi connectivity index (χ1) is 14.5. The lowest BCUT2D eigenvalue weighted by Crippen LogP contribution is -2.50. The van der Waals surface area contributed by atoms with Crippen LogP contribution in [0.2, 0.25) is 5.02 Å².